The fourth-order valence-electron chi connectivity index (χ4n) is 2.06. The maximum absolute atomic E-state index is 8.75. The van der Waals surface area contributed by atoms with Crippen LogP contribution in [0.3, 0.4) is 0 Å². The summed E-state index contributed by atoms with van der Waals surface area (Å²) in [4.78, 5) is 0. The third-order valence-corrected chi connectivity index (χ3v) is 9.03. The van der Waals surface area contributed by atoms with Crippen molar-refractivity contribution in [2.75, 3.05) is 6.61 Å². The summed E-state index contributed by atoms with van der Waals surface area (Å²) >= 11 is 0. The van der Waals surface area contributed by atoms with Crippen molar-refractivity contribution in [3.8, 4) is 6.07 Å². The molecule has 0 radical (unpaired) electrons. The normalized spacial score (nSPS) is 13.6. The largest absolute Gasteiger partial charge is 0.412 e. The molecule has 0 saturated carbocycles. The van der Waals surface area contributed by atoms with E-state index in [-0.39, 0.29) is 11.1 Å². The van der Waals surface area contributed by atoms with Crippen molar-refractivity contribution in [2.45, 2.75) is 70.9 Å². The van der Waals surface area contributed by atoms with E-state index in [9.17, 15) is 0 Å². The fourth-order valence-corrected chi connectivity index (χ4v) is 3.43. The molecule has 0 heterocycles. The first-order valence-corrected chi connectivity index (χ1v) is 11.3. The smallest absolute Gasteiger partial charge is 0.192 e. The van der Waals surface area contributed by atoms with Crippen LogP contribution in [-0.2, 0) is 15.8 Å². The summed E-state index contributed by atoms with van der Waals surface area (Å²) in [5.41, 5.74) is 1.18. The van der Waals surface area contributed by atoms with Crippen LogP contribution in [0.5, 0.6) is 0 Å². The minimum atomic E-state index is -1.82. The molecule has 0 aliphatic heterocycles. The van der Waals surface area contributed by atoms with Crippen LogP contribution in [-0.4, -0.2) is 21.0 Å². The molecule has 0 unspecified atom stereocenters. The molecule has 0 spiro atoms. The van der Waals surface area contributed by atoms with Crippen molar-refractivity contribution in [1.82, 2.24) is 0 Å². The highest BCUT2D eigenvalue weighted by atomic mass is 28.4. The lowest BCUT2D eigenvalue weighted by Gasteiger charge is -2.39. The molecule has 0 N–H and O–H groups in total. The summed E-state index contributed by atoms with van der Waals surface area (Å²) in [6.45, 7) is 12.5. The van der Waals surface area contributed by atoms with Gasteiger partial charge in [-0.05, 0) is 36.5 Å². The number of hydrogen-bond donors (Lipinski definition) is 0. The van der Waals surface area contributed by atoms with Crippen molar-refractivity contribution < 1.29 is 9.16 Å². The van der Waals surface area contributed by atoms with Gasteiger partial charge < -0.3 is 9.16 Å². The Bertz CT molecular complexity index is 488. The Hall–Kier alpha value is -1.15. The number of nitriles is 1. The van der Waals surface area contributed by atoms with Gasteiger partial charge in [-0.15, -0.1) is 0 Å². The van der Waals surface area contributed by atoms with Crippen LogP contribution >= 0.6 is 0 Å². The first-order chi connectivity index (χ1) is 10.8. The van der Waals surface area contributed by atoms with E-state index >= 15 is 0 Å². The molecule has 23 heavy (non-hydrogen) atoms. The first kappa shape index (κ1) is 19.9. The van der Waals surface area contributed by atoms with Crippen LogP contribution in [0.2, 0.25) is 18.1 Å². The van der Waals surface area contributed by atoms with E-state index in [1.54, 1.807) is 0 Å². The van der Waals surface area contributed by atoms with E-state index in [2.05, 4.69) is 52.1 Å². The van der Waals surface area contributed by atoms with Gasteiger partial charge in [-0.3, -0.25) is 0 Å². The second-order valence-electron chi connectivity index (χ2n) is 7.55. The molecule has 0 fully saturated rings. The summed E-state index contributed by atoms with van der Waals surface area (Å²) in [6, 6.07) is 12.4. The first-order valence-electron chi connectivity index (χ1n) is 8.43. The zero-order valence-corrected chi connectivity index (χ0v) is 16.3. The van der Waals surface area contributed by atoms with Crippen LogP contribution < -0.4 is 0 Å². The van der Waals surface area contributed by atoms with Gasteiger partial charge >= 0.3 is 0 Å². The topological polar surface area (TPSA) is 42.2 Å². The molecule has 0 aliphatic carbocycles. The third-order valence-electron chi connectivity index (χ3n) is 4.50. The second-order valence-corrected chi connectivity index (χ2v) is 12.3. The molecule has 0 amide bonds. The van der Waals surface area contributed by atoms with Crippen molar-refractivity contribution in [3.05, 3.63) is 35.9 Å². The Labute approximate surface area is 142 Å². The molecule has 1 aromatic rings. The Morgan fingerprint density at radius 2 is 1.83 bits per heavy atom. The maximum Gasteiger partial charge on any atom is 0.192 e. The molecule has 0 bridgehead atoms. The average molecular weight is 334 g/mol. The number of rotatable bonds is 9. The standard InChI is InChI=1S/C19H31NO2Si/c1-19(2,3)23(4,5)22-18(13-9-10-14-20)16-21-15-17-11-7-6-8-12-17/h6-8,11-12,18H,9-10,13,15-16H2,1-5H3/t18-/m1/s1. The van der Waals surface area contributed by atoms with E-state index in [4.69, 9.17) is 14.4 Å². The molecule has 3 nitrogen and oxygen atoms in total. The van der Waals surface area contributed by atoms with Crippen molar-refractivity contribution in [3.63, 3.8) is 0 Å². The number of ether oxygens (including phenoxy) is 1. The Morgan fingerprint density at radius 3 is 2.39 bits per heavy atom. The van der Waals surface area contributed by atoms with Gasteiger partial charge in [0.2, 0.25) is 0 Å². The molecule has 1 aromatic carbocycles. The van der Waals surface area contributed by atoms with Crippen LogP contribution in [0.1, 0.15) is 45.6 Å². The third kappa shape index (κ3) is 7.30. The van der Waals surface area contributed by atoms with Gasteiger partial charge in [0, 0.05) is 6.42 Å². The fraction of sp³-hybridized carbons (Fsp3) is 0.632. The van der Waals surface area contributed by atoms with Crippen LogP contribution in [0, 0.1) is 11.3 Å². The van der Waals surface area contributed by atoms with E-state index < -0.39 is 8.32 Å². The quantitative estimate of drug-likeness (QED) is 0.455. The van der Waals surface area contributed by atoms with E-state index in [0.717, 1.165) is 12.8 Å². The zero-order chi connectivity index (χ0) is 17.3. The van der Waals surface area contributed by atoms with Gasteiger partial charge in [-0.2, -0.15) is 5.26 Å². The number of benzene rings is 1. The summed E-state index contributed by atoms with van der Waals surface area (Å²) in [5, 5.41) is 8.93. The minimum Gasteiger partial charge on any atom is -0.412 e. The van der Waals surface area contributed by atoms with E-state index in [0.29, 0.717) is 19.6 Å². The minimum absolute atomic E-state index is 0.0768. The van der Waals surface area contributed by atoms with Gasteiger partial charge in [0.25, 0.3) is 0 Å². The molecular formula is C19H31NO2Si. The number of unbranched alkanes of at least 4 members (excludes halogenated alkanes) is 1. The highest BCUT2D eigenvalue weighted by Crippen LogP contribution is 2.37. The van der Waals surface area contributed by atoms with Crippen LogP contribution in [0.4, 0.5) is 0 Å². The maximum atomic E-state index is 8.75. The molecule has 0 aliphatic rings. The molecule has 0 saturated heterocycles. The number of nitrogens with zero attached hydrogens (tertiary/aromatic N) is 1. The van der Waals surface area contributed by atoms with Gasteiger partial charge in [0.05, 0.1) is 25.4 Å². The van der Waals surface area contributed by atoms with Crippen LogP contribution in [0.25, 0.3) is 0 Å². The Kier molecular flexibility index (Phi) is 7.97. The Balaban J connectivity index is 2.56. The molecule has 1 rings (SSSR count). The predicted octanol–water partition coefficient (Wildman–Crippen LogP) is 5.29. The highest BCUT2D eigenvalue weighted by Gasteiger charge is 2.39. The monoisotopic (exact) mass is 333 g/mol. The molecule has 128 valence electrons. The zero-order valence-electron chi connectivity index (χ0n) is 15.3. The van der Waals surface area contributed by atoms with Crippen molar-refractivity contribution >= 4 is 8.32 Å². The predicted molar refractivity (Wildman–Crippen MR) is 97.6 cm³/mol. The van der Waals surface area contributed by atoms with Crippen molar-refractivity contribution in [2.24, 2.45) is 0 Å². The summed E-state index contributed by atoms with van der Waals surface area (Å²) in [7, 11) is -1.82. The van der Waals surface area contributed by atoms with Gasteiger partial charge in [0.1, 0.15) is 0 Å². The Morgan fingerprint density at radius 1 is 1.17 bits per heavy atom. The summed E-state index contributed by atoms with van der Waals surface area (Å²) < 4.78 is 12.4. The summed E-state index contributed by atoms with van der Waals surface area (Å²) in [6.07, 6.45) is 2.41. The SMILES string of the molecule is CC(C)(C)[Si](C)(C)O[C@H](CCCC#N)COCc1ccccc1. The van der Waals surface area contributed by atoms with Gasteiger partial charge in [-0.25, -0.2) is 0 Å². The highest BCUT2D eigenvalue weighted by molar-refractivity contribution is 6.74. The van der Waals surface area contributed by atoms with Gasteiger partial charge in [0.15, 0.2) is 8.32 Å². The lowest BCUT2D eigenvalue weighted by Crippen LogP contribution is -2.45. The van der Waals surface area contributed by atoms with Crippen LogP contribution in [0.15, 0.2) is 30.3 Å². The molecule has 1 atom stereocenters. The van der Waals surface area contributed by atoms with Crippen molar-refractivity contribution in [1.29, 1.82) is 5.26 Å². The molecular weight excluding hydrogens is 302 g/mol. The molecule has 0 aromatic heterocycles. The average Bonchev–Trinajstić information content (AvgIpc) is 2.47. The van der Waals surface area contributed by atoms with E-state index in [1.165, 1.54) is 5.56 Å². The van der Waals surface area contributed by atoms with E-state index in [1.807, 2.05) is 18.2 Å². The van der Waals surface area contributed by atoms with Gasteiger partial charge in [-0.1, -0.05) is 51.1 Å². The summed E-state index contributed by atoms with van der Waals surface area (Å²) in [5.74, 6) is 0. The lowest BCUT2D eigenvalue weighted by atomic mass is 10.2. The second kappa shape index (κ2) is 9.22. The number of hydrogen-bond acceptors (Lipinski definition) is 3. The molecule has 4 heteroatoms. The lowest BCUT2D eigenvalue weighted by molar-refractivity contribution is 0.0298.